The van der Waals surface area contributed by atoms with Crippen LogP contribution in [-0.2, 0) is 0 Å². The van der Waals surface area contributed by atoms with Crippen LogP contribution in [0.1, 0.15) is 16.1 Å². The van der Waals surface area contributed by atoms with Crippen molar-refractivity contribution in [2.75, 3.05) is 5.32 Å². The minimum Gasteiger partial charge on any atom is -0.326 e. The molecule has 1 aromatic carbocycles. The first-order valence-electron chi connectivity index (χ1n) is 5.34. The van der Waals surface area contributed by atoms with Crippen LogP contribution >= 0.6 is 15.9 Å². The number of aryl methyl sites for hydroxylation is 1. The molecule has 1 aromatic heterocycles. The largest absolute Gasteiger partial charge is 0.326 e. The number of H-pyrrole nitrogens is 1. The number of anilines is 1. The normalized spacial score (nSPS) is 10.1. The number of aromatic amines is 1. The van der Waals surface area contributed by atoms with Crippen LogP contribution in [0, 0.1) is 6.92 Å². The number of aromatic nitrogens is 1. The summed E-state index contributed by atoms with van der Waals surface area (Å²) >= 11 is 3.33. The topological polar surface area (TPSA) is 62.0 Å². The lowest BCUT2D eigenvalue weighted by Crippen LogP contribution is -2.23. The van der Waals surface area contributed by atoms with Crippen molar-refractivity contribution in [1.29, 1.82) is 0 Å². The first kappa shape index (κ1) is 12.6. The molecule has 2 rings (SSSR count). The second-order valence-corrected chi connectivity index (χ2v) is 4.67. The zero-order chi connectivity index (χ0) is 13.1. The van der Waals surface area contributed by atoms with Crippen molar-refractivity contribution in [3.8, 4) is 0 Å². The number of nitrogens with one attached hydrogen (secondary N) is 2. The molecule has 2 aromatic rings. The molecule has 1 amide bonds. The van der Waals surface area contributed by atoms with Gasteiger partial charge in [-0.15, -0.1) is 0 Å². The summed E-state index contributed by atoms with van der Waals surface area (Å²) in [7, 11) is 0. The van der Waals surface area contributed by atoms with E-state index in [2.05, 4.69) is 26.2 Å². The van der Waals surface area contributed by atoms with Crippen molar-refractivity contribution in [2.45, 2.75) is 6.92 Å². The summed E-state index contributed by atoms with van der Waals surface area (Å²) < 4.78 is 0.766. The first-order valence-corrected chi connectivity index (χ1v) is 6.13. The van der Waals surface area contributed by atoms with Gasteiger partial charge in [-0.1, -0.05) is 12.1 Å². The second-order valence-electron chi connectivity index (χ2n) is 3.82. The van der Waals surface area contributed by atoms with Crippen molar-refractivity contribution in [2.24, 2.45) is 0 Å². The molecule has 0 fully saturated rings. The SMILES string of the molecule is Cc1ccc(C(=O)Nc2ccccc2Br)c(=O)[nH]1. The number of hydrogen-bond acceptors (Lipinski definition) is 2. The van der Waals surface area contributed by atoms with Crippen LogP contribution in [0.4, 0.5) is 5.69 Å². The van der Waals surface area contributed by atoms with Gasteiger partial charge in [0, 0.05) is 10.2 Å². The fourth-order valence-corrected chi connectivity index (χ4v) is 1.89. The lowest BCUT2D eigenvalue weighted by molar-refractivity contribution is 0.102. The maximum Gasteiger partial charge on any atom is 0.261 e. The Morgan fingerprint density at radius 2 is 1.94 bits per heavy atom. The van der Waals surface area contributed by atoms with Gasteiger partial charge < -0.3 is 10.3 Å². The Bertz CT molecular complexity index is 649. The Morgan fingerprint density at radius 1 is 1.22 bits per heavy atom. The number of halogens is 1. The van der Waals surface area contributed by atoms with Crippen molar-refractivity contribution in [3.05, 3.63) is 62.5 Å². The molecule has 1 heterocycles. The van der Waals surface area contributed by atoms with E-state index in [4.69, 9.17) is 0 Å². The number of amides is 1. The first-order chi connectivity index (χ1) is 8.58. The van der Waals surface area contributed by atoms with Crippen LogP contribution < -0.4 is 10.9 Å². The summed E-state index contributed by atoms with van der Waals surface area (Å²) in [5.41, 5.74) is 1.05. The number of para-hydroxylation sites is 1. The molecule has 0 aliphatic heterocycles. The quantitative estimate of drug-likeness (QED) is 0.896. The summed E-state index contributed by atoms with van der Waals surface area (Å²) in [6, 6.07) is 10.4. The molecule has 0 aliphatic carbocycles. The van der Waals surface area contributed by atoms with Crippen LogP contribution in [0.15, 0.2) is 45.7 Å². The number of carbonyl (C=O) groups excluding carboxylic acids is 1. The van der Waals surface area contributed by atoms with Gasteiger partial charge in [0.15, 0.2) is 0 Å². The number of carbonyl (C=O) groups is 1. The maximum atomic E-state index is 11.9. The summed E-state index contributed by atoms with van der Waals surface area (Å²) in [5, 5.41) is 2.68. The van der Waals surface area contributed by atoms with Crippen LogP contribution in [0.2, 0.25) is 0 Å². The summed E-state index contributed by atoms with van der Waals surface area (Å²) in [5.74, 6) is -0.428. The third-order valence-electron chi connectivity index (χ3n) is 2.42. The fourth-order valence-electron chi connectivity index (χ4n) is 1.50. The lowest BCUT2D eigenvalue weighted by atomic mass is 10.2. The molecular weight excluding hydrogens is 296 g/mol. The van der Waals surface area contributed by atoms with Gasteiger partial charge in [-0.05, 0) is 47.1 Å². The van der Waals surface area contributed by atoms with E-state index in [1.165, 1.54) is 6.07 Å². The van der Waals surface area contributed by atoms with E-state index in [1.807, 2.05) is 12.1 Å². The summed E-state index contributed by atoms with van der Waals surface area (Å²) in [4.78, 5) is 26.2. The molecule has 0 spiro atoms. The summed E-state index contributed by atoms with van der Waals surface area (Å²) in [6.07, 6.45) is 0. The molecule has 0 saturated carbocycles. The molecule has 5 heteroatoms. The highest BCUT2D eigenvalue weighted by Crippen LogP contribution is 2.21. The zero-order valence-corrected chi connectivity index (χ0v) is 11.2. The monoisotopic (exact) mass is 306 g/mol. The molecular formula is C13H11BrN2O2. The third kappa shape index (κ3) is 2.68. The van der Waals surface area contributed by atoms with Gasteiger partial charge in [0.25, 0.3) is 11.5 Å². The third-order valence-corrected chi connectivity index (χ3v) is 3.11. The fraction of sp³-hybridized carbons (Fsp3) is 0.0769. The predicted molar refractivity (Wildman–Crippen MR) is 73.9 cm³/mol. The minimum atomic E-state index is -0.428. The lowest BCUT2D eigenvalue weighted by Gasteiger charge is -2.06. The number of rotatable bonds is 2. The molecule has 0 saturated heterocycles. The zero-order valence-electron chi connectivity index (χ0n) is 9.66. The van der Waals surface area contributed by atoms with Gasteiger partial charge in [-0.2, -0.15) is 0 Å². The van der Waals surface area contributed by atoms with Crippen molar-refractivity contribution < 1.29 is 4.79 Å². The Hall–Kier alpha value is -1.88. The van der Waals surface area contributed by atoms with Gasteiger partial charge in [0.05, 0.1) is 5.69 Å². The molecule has 18 heavy (non-hydrogen) atoms. The molecule has 4 nitrogen and oxygen atoms in total. The van der Waals surface area contributed by atoms with E-state index in [-0.39, 0.29) is 11.1 Å². The van der Waals surface area contributed by atoms with Gasteiger partial charge in [0.1, 0.15) is 5.56 Å². The van der Waals surface area contributed by atoms with Gasteiger partial charge in [-0.25, -0.2) is 0 Å². The Balaban J connectivity index is 2.28. The summed E-state index contributed by atoms with van der Waals surface area (Å²) in [6.45, 7) is 1.76. The average molecular weight is 307 g/mol. The number of hydrogen-bond donors (Lipinski definition) is 2. The highest BCUT2D eigenvalue weighted by Gasteiger charge is 2.11. The highest BCUT2D eigenvalue weighted by atomic mass is 79.9. The smallest absolute Gasteiger partial charge is 0.261 e. The van der Waals surface area contributed by atoms with E-state index >= 15 is 0 Å². The standard InChI is InChI=1S/C13H11BrN2O2/c1-8-6-7-9(12(17)15-8)13(18)16-11-5-3-2-4-10(11)14/h2-7H,1H3,(H,15,17)(H,16,18). The Labute approximate surface area is 112 Å². The van der Waals surface area contributed by atoms with Crippen molar-refractivity contribution in [1.82, 2.24) is 4.98 Å². The van der Waals surface area contributed by atoms with E-state index in [0.717, 1.165) is 10.2 Å². The highest BCUT2D eigenvalue weighted by molar-refractivity contribution is 9.10. The van der Waals surface area contributed by atoms with E-state index in [9.17, 15) is 9.59 Å². The van der Waals surface area contributed by atoms with Gasteiger partial charge in [-0.3, -0.25) is 9.59 Å². The molecule has 2 N–H and O–H groups in total. The molecule has 0 aliphatic rings. The van der Waals surface area contributed by atoms with Crippen molar-refractivity contribution >= 4 is 27.5 Å². The van der Waals surface area contributed by atoms with E-state index in [1.54, 1.807) is 25.1 Å². The molecule has 0 atom stereocenters. The van der Waals surface area contributed by atoms with Gasteiger partial charge in [0.2, 0.25) is 0 Å². The van der Waals surface area contributed by atoms with Gasteiger partial charge >= 0.3 is 0 Å². The molecule has 0 unspecified atom stereocenters. The number of pyridine rings is 1. The van der Waals surface area contributed by atoms with Crippen LogP contribution in [0.25, 0.3) is 0 Å². The molecule has 0 radical (unpaired) electrons. The van der Waals surface area contributed by atoms with E-state index in [0.29, 0.717) is 5.69 Å². The Kier molecular flexibility index (Phi) is 3.62. The molecule has 0 bridgehead atoms. The minimum absolute atomic E-state index is 0.0938. The van der Waals surface area contributed by atoms with Crippen LogP contribution in [0.5, 0.6) is 0 Å². The molecule has 92 valence electrons. The second kappa shape index (κ2) is 5.18. The van der Waals surface area contributed by atoms with Crippen LogP contribution in [-0.4, -0.2) is 10.9 Å². The van der Waals surface area contributed by atoms with Crippen molar-refractivity contribution in [3.63, 3.8) is 0 Å². The Morgan fingerprint density at radius 3 is 2.61 bits per heavy atom. The maximum absolute atomic E-state index is 11.9. The van der Waals surface area contributed by atoms with E-state index < -0.39 is 5.91 Å². The van der Waals surface area contributed by atoms with Crippen LogP contribution in [0.3, 0.4) is 0 Å². The average Bonchev–Trinajstić information content (AvgIpc) is 2.32. The number of benzene rings is 1. The predicted octanol–water partition coefficient (Wildman–Crippen LogP) is 2.70.